The first kappa shape index (κ1) is 15.7. The molecule has 4 heteroatoms. The molecule has 1 unspecified atom stereocenters. The number of aryl methyl sites for hydroxylation is 4. The Labute approximate surface area is 126 Å². The standard InChI is InChI=1S/C17H22NO2P/c1-12-8-13(2)10-17(9-12)20-21(5,19)18-16-7-6-14(3)15(4)11-16/h6-11H,1-5H3,(H,18,19). The van der Waals surface area contributed by atoms with Gasteiger partial charge >= 0.3 is 7.52 Å². The van der Waals surface area contributed by atoms with Gasteiger partial charge in [-0.2, -0.15) is 0 Å². The van der Waals surface area contributed by atoms with E-state index in [0.717, 1.165) is 22.4 Å². The maximum absolute atomic E-state index is 12.6. The van der Waals surface area contributed by atoms with Crippen molar-refractivity contribution in [1.82, 2.24) is 0 Å². The zero-order valence-corrected chi connectivity index (χ0v) is 14.1. The van der Waals surface area contributed by atoms with Gasteiger partial charge in [0.25, 0.3) is 0 Å². The summed E-state index contributed by atoms with van der Waals surface area (Å²) in [5.74, 6) is 0.634. The molecule has 0 fully saturated rings. The minimum atomic E-state index is -2.96. The predicted octanol–water partition coefficient (Wildman–Crippen LogP) is 5.23. The third-order valence-electron chi connectivity index (χ3n) is 3.31. The van der Waals surface area contributed by atoms with Crippen LogP contribution < -0.4 is 9.61 Å². The Kier molecular flexibility index (Phi) is 4.43. The van der Waals surface area contributed by atoms with Gasteiger partial charge < -0.3 is 9.61 Å². The summed E-state index contributed by atoms with van der Waals surface area (Å²) in [6, 6.07) is 11.8. The molecule has 21 heavy (non-hydrogen) atoms. The molecule has 112 valence electrons. The summed E-state index contributed by atoms with van der Waals surface area (Å²) in [5.41, 5.74) is 5.37. The molecule has 0 heterocycles. The number of hydrogen-bond donors (Lipinski definition) is 1. The highest BCUT2D eigenvalue weighted by molar-refractivity contribution is 7.60. The Morgan fingerprint density at radius 3 is 2.10 bits per heavy atom. The van der Waals surface area contributed by atoms with Crippen molar-refractivity contribution in [1.29, 1.82) is 0 Å². The van der Waals surface area contributed by atoms with Crippen molar-refractivity contribution in [2.45, 2.75) is 27.7 Å². The molecule has 0 amide bonds. The molecule has 1 N–H and O–H groups in total. The van der Waals surface area contributed by atoms with E-state index in [-0.39, 0.29) is 0 Å². The average Bonchev–Trinajstić information content (AvgIpc) is 2.31. The Hall–Kier alpha value is -1.73. The van der Waals surface area contributed by atoms with Crippen LogP contribution in [0.3, 0.4) is 0 Å². The van der Waals surface area contributed by atoms with Gasteiger partial charge in [-0.25, -0.2) is 0 Å². The van der Waals surface area contributed by atoms with Gasteiger partial charge in [0.1, 0.15) is 5.75 Å². The van der Waals surface area contributed by atoms with Crippen LogP contribution in [-0.2, 0) is 4.57 Å². The van der Waals surface area contributed by atoms with Crippen molar-refractivity contribution >= 4 is 13.2 Å². The van der Waals surface area contributed by atoms with E-state index < -0.39 is 7.52 Å². The van der Waals surface area contributed by atoms with E-state index in [2.05, 4.69) is 18.1 Å². The van der Waals surface area contributed by atoms with E-state index >= 15 is 0 Å². The van der Waals surface area contributed by atoms with Crippen LogP contribution in [0.15, 0.2) is 36.4 Å². The smallest absolute Gasteiger partial charge is 0.338 e. The summed E-state index contributed by atoms with van der Waals surface area (Å²) in [6.45, 7) is 9.68. The van der Waals surface area contributed by atoms with E-state index in [1.54, 1.807) is 6.66 Å². The summed E-state index contributed by atoms with van der Waals surface area (Å²) in [5, 5.41) is 3.01. The van der Waals surface area contributed by atoms with Crippen LogP contribution in [0, 0.1) is 27.7 Å². The molecule has 0 aliphatic rings. The third-order valence-corrected chi connectivity index (χ3v) is 4.54. The fraction of sp³-hybridized carbons (Fsp3) is 0.294. The predicted molar refractivity (Wildman–Crippen MR) is 89.6 cm³/mol. The Bertz CT molecular complexity index is 690. The fourth-order valence-corrected chi connectivity index (χ4v) is 3.42. The first-order valence-corrected chi connectivity index (χ1v) is 9.03. The van der Waals surface area contributed by atoms with Crippen LogP contribution in [0.25, 0.3) is 0 Å². The SMILES string of the molecule is Cc1cc(C)cc(OP(C)(=O)Nc2ccc(C)c(C)c2)c1. The molecular formula is C17H22NO2P. The molecule has 3 nitrogen and oxygen atoms in total. The quantitative estimate of drug-likeness (QED) is 0.785. The molecule has 0 saturated carbocycles. The van der Waals surface area contributed by atoms with Gasteiger partial charge in [-0.15, -0.1) is 0 Å². The highest BCUT2D eigenvalue weighted by atomic mass is 31.2. The molecule has 0 aromatic heterocycles. The summed E-state index contributed by atoms with van der Waals surface area (Å²) < 4.78 is 18.3. The van der Waals surface area contributed by atoms with Gasteiger partial charge in [-0.05, 0) is 74.2 Å². The van der Waals surface area contributed by atoms with Crippen LogP contribution in [-0.4, -0.2) is 6.66 Å². The third kappa shape index (κ3) is 4.37. The van der Waals surface area contributed by atoms with E-state index in [0.29, 0.717) is 5.75 Å². The van der Waals surface area contributed by atoms with E-state index in [9.17, 15) is 4.57 Å². The summed E-state index contributed by atoms with van der Waals surface area (Å²) >= 11 is 0. The topological polar surface area (TPSA) is 38.3 Å². The van der Waals surface area contributed by atoms with Crippen LogP contribution in [0.4, 0.5) is 5.69 Å². The number of anilines is 1. The molecule has 0 bridgehead atoms. The molecule has 2 aromatic carbocycles. The second-order valence-electron chi connectivity index (χ2n) is 5.67. The van der Waals surface area contributed by atoms with Gasteiger partial charge in [0, 0.05) is 12.4 Å². The first-order valence-electron chi connectivity index (χ1n) is 6.96. The molecule has 0 saturated heterocycles. The van der Waals surface area contributed by atoms with Crippen molar-refractivity contribution in [3.63, 3.8) is 0 Å². The first-order chi connectivity index (χ1) is 9.75. The van der Waals surface area contributed by atoms with E-state index in [4.69, 9.17) is 4.52 Å². The minimum absolute atomic E-state index is 0.634. The van der Waals surface area contributed by atoms with Crippen molar-refractivity contribution in [2.75, 3.05) is 11.8 Å². The Balaban J connectivity index is 2.17. The Morgan fingerprint density at radius 2 is 1.52 bits per heavy atom. The summed E-state index contributed by atoms with van der Waals surface area (Å²) in [4.78, 5) is 0. The lowest BCUT2D eigenvalue weighted by Gasteiger charge is -2.18. The fourth-order valence-electron chi connectivity index (χ4n) is 2.26. The van der Waals surface area contributed by atoms with Crippen LogP contribution in [0.1, 0.15) is 22.3 Å². The maximum atomic E-state index is 12.6. The average molecular weight is 303 g/mol. The van der Waals surface area contributed by atoms with Gasteiger partial charge in [-0.3, -0.25) is 4.57 Å². The highest BCUT2D eigenvalue weighted by Crippen LogP contribution is 2.43. The molecule has 2 aromatic rings. The molecule has 1 atom stereocenters. The lowest BCUT2D eigenvalue weighted by molar-refractivity contribution is 0.493. The number of rotatable bonds is 4. The molecule has 0 radical (unpaired) electrons. The number of nitrogens with one attached hydrogen (secondary N) is 1. The zero-order chi connectivity index (χ0) is 15.6. The molecule has 0 spiro atoms. The lowest BCUT2D eigenvalue weighted by atomic mass is 10.1. The minimum Gasteiger partial charge on any atom is -0.429 e. The van der Waals surface area contributed by atoms with Crippen molar-refractivity contribution in [3.05, 3.63) is 58.7 Å². The van der Waals surface area contributed by atoms with Gasteiger partial charge in [0.15, 0.2) is 0 Å². The number of hydrogen-bond acceptors (Lipinski definition) is 2. The van der Waals surface area contributed by atoms with Crippen molar-refractivity contribution in [3.8, 4) is 5.75 Å². The maximum Gasteiger partial charge on any atom is 0.338 e. The van der Waals surface area contributed by atoms with Crippen molar-refractivity contribution < 1.29 is 9.09 Å². The normalized spacial score (nSPS) is 13.6. The summed E-state index contributed by atoms with van der Waals surface area (Å²) in [6.07, 6.45) is 0. The second-order valence-corrected chi connectivity index (χ2v) is 7.77. The summed E-state index contributed by atoms with van der Waals surface area (Å²) in [7, 11) is -2.96. The van der Waals surface area contributed by atoms with Gasteiger partial charge in [0.2, 0.25) is 0 Å². The lowest BCUT2D eigenvalue weighted by Crippen LogP contribution is -2.03. The highest BCUT2D eigenvalue weighted by Gasteiger charge is 2.18. The largest absolute Gasteiger partial charge is 0.429 e. The van der Waals surface area contributed by atoms with E-state index in [1.165, 1.54) is 5.56 Å². The molecule has 0 aliphatic heterocycles. The molecule has 0 aliphatic carbocycles. The van der Waals surface area contributed by atoms with Crippen LogP contribution in [0.5, 0.6) is 5.75 Å². The molecular weight excluding hydrogens is 281 g/mol. The van der Waals surface area contributed by atoms with Crippen LogP contribution in [0.2, 0.25) is 0 Å². The zero-order valence-electron chi connectivity index (χ0n) is 13.2. The van der Waals surface area contributed by atoms with Crippen LogP contribution >= 0.6 is 7.52 Å². The number of benzene rings is 2. The van der Waals surface area contributed by atoms with Gasteiger partial charge in [-0.1, -0.05) is 12.1 Å². The van der Waals surface area contributed by atoms with Gasteiger partial charge in [0.05, 0.1) is 0 Å². The monoisotopic (exact) mass is 303 g/mol. The second kappa shape index (κ2) is 5.95. The van der Waals surface area contributed by atoms with Crippen molar-refractivity contribution in [2.24, 2.45) is 0 Å². The Morgan fingerprint density at radius 1 is 0.905 bits per heavy atom. The van der Waals surface area contributed by atoms with E-state index in [1.807, 2.05) is 51.1 Å². The molecule has 2 rings (SSSR count).